The first-order valence-corrected chi connectivity index (χ1v) is 28.3. The van der Waals surface area contributed by atoms with Gasteiger partial charge in [-0.05, 0) is 113 Å². The number of nitrogens with two attached hydrogens (primary N) is 1. The fourth-order valence-corrected chi connectivity index (χ4v) is 12.5. The molecule has 0 spiro atoms. The molecular weight excluding hydrogens is 1040 g/mol. The molecule has 4 aromatic carbocycles. The highest BCUT2D eigenvalue weighted by Gasteiger charge is 2.28. The van der Waals surface area contributed by atoms with E-state index < -0.39 is 31.7 Å². The quantitative estimate of drug-likeness (QED) is 0.115. The largest absolute Gasteiger partial charge is 0.444 e. The number of anilines is 1. The number of rotatable bonds is 9. The van der Waals surface area contributed by atoms with Gasteiger partial charge in [0.15, 0.2) is 0 Å². The minimum Gasteiger partial charge on any atom is -0.444 e. The number of amides is 1. The summed E-state index contributed by atoms with van der Waals surface area (Å²) in [6.07, 6.45) is 14.2. The van der Waals surface area contributed by atoms with Gasteiger partial charge in [-0.1, -0.05) is 116 Å². The second-order valence-electron chi connectivity index (χ2n) is 19.5. The van der Waals surface area contributed by atoms with Crippen molar-refractivity contribution in [1.29, 1.82) is 0 Å². The highest BCUT2D eigenvalue weighted by Crippen LogP contribution is 2.38. The number of aromatic nitrogens is 6. The fraction of sp³-hybridized carbons (Fsp3) is 0.315. The lowest BCUT2D eigenvalue weighted by Crippen LogP contribution is -2.44. The van der Waals surface area contributed by atoms with Crippen molar-refractivity contribution in [2.75, 3.05) is 5.32 Å². The minimum absolute atomic E-state index is 0.0301. The van der Waals surface area contributed by atoms with E-state index in [-0.39, 0.29) is 32.2 Å². The summed E-state index contributed by atoms with van der Waals surface area (Å²) in [5, 5.41) is 8.37. The number of hydrogen-bond donors (Lipinski definition) is 3. The Morgan fingerprint density at radius 3 is 1.65 bits per heavy atom. The molecule has 0 radical (unpaired) electrons. The molecule has 2 aliphatic rings. The van der Waals surface area contributed by atoms with Gasteiger partial charge in [0.2, 0.25) is 11.2 Å². The number of hydrogen-bond acceptors (Lipinski definition) is 12. The van der Waals surface area contributed by atoms with Crippen LogP contribution in [0.5, 0.6) is 0 Å². The number of fused-ring (bicyclic) bond motifs is 2. The first kappa shape index (κ1) is 54.2. The van der Waals surface area contributed by atoms with E-state index >= 15 is 0 Å². The number of ether oxygens (including phenoxy) is 1. The molecule has 0 bridgehead atoms. The molecule has 1 amide bonds. The fourth-order valence-electron chi connectivity index (χ4n) is 9.24. The molecule has 2 aliphatic carbocycles. The topological polar surface area (TPSA) is 206 Å². The van der Waals surface area contributed by atoms with Crippen molar-refractivity contribution in [2.45, 2.75) is 113 Å². The third-order valence-corrected chi connectivity index (χ3v) is 16.7. The predicted octanol–water partition coefficient (Wildman–Crippen LogP) is 12.4. The van der Waals surface area contributed by atoms with E-state index in [1.165, 1.54) is 52.2 Å². The molecule has 0 saturated heterocycles. The van der Waals surface area contributed by atoms with Crippen LogP contribution in [0.3, 0.4) is 0 Å². The van der Waals surface area contributed by atoms with Crippen LogP contribution in [0.25, 0.3) is 44.3 Å². The Balaban J connectivity index is 0.000000182. The van der Waals surface area contributed by atoms with Gasteiger partial charge in [-0.3, -0.25) is 0 Å². The predicted molar refractivity (Wildman–Crippen MR) is 294 cm³/mol. The van der Waals surface area contributed by atoms with E-state index in [0.29, 0.717) is 67.8 Å². The highest BCUT2D eigenvalue weighted by molar-refractivity contribution is 7.90. The number of nitrogens with zero attached hydrogens (tertiary/aromatic N) is 6. The van der Waals surface area contributed by atoms with E-state index in [0.717, 1.165) is 25.2 Å². The molecule has 0 unspecified atom stereocenters. The standard InChI is InChI=1S/C29H32ClN5O4S.C18H11Cl2N3O2S.C7H15N/c1-29(2,3)39-28(36)33-20-11-9-10-19(16-20)32-27-31-17-24(30)26(34-27)23-18-35(25-15-8-7-14-22(23)25)40(37,38)21-12-5-4-6-13-21;19-15-10-21-18(20)22-17(15)14-11-23(16-9-5-4-8-13(14)16)26(24,25)12-6-2-1-3-7-12;1-6-3-2-4-7(8)5-6/h4-8,12-15,17-20H,9-11,16H2,1-3H3,(H,33,36)(H,31,32,34);1-11H;6-7H,2-5,8H2,1H3/t19-,20+;;6-,7+/m1.0/s1. The van der Waals surface area contributed by atoms with E-state index in [1.54, 1.807) is 91.1 Å². The maximum atomic E-state index is 13.5. The molecule has 15 nitrogen and oxygen atoms in total. The lowest BCUT2D eigenvalue weighted by molar-refractivity contribution is 0.0491. The van der Waals surface area contributed by atoms with Crippen molar-refractivity contribution < 1.29 is 26.4 Å². The van der Waals surface area contributed by atoms with Crippen molar-refractivity contribution in [3.05, 3.63) is 149 Å². The number of carbonyl (C=O) groups excluding carboxylic acids is 1. The summed E-state index contributed by atoms with van der Waals surface area (Å²) >= 11 is 18.7. The van der Waals surface area contributed by atoms with Crippen LogP contribution >= 0.6 is 34.8 Å². The van der Waals surface area contributed by atoms with Crippen LogP contribution in [-0.4, -0.2) is 74.5 Å². The lowest BCUT2D eigenvalue weighted by Gasteiger charge is -2.31. The van der Waals surface area contributed by atoms with Gasteiger partial charge in [-0.2, -0.15) is 0 Å². The Morgan fingerprint density at radius 1 is 0.649 bits per heavy atom. The molecule has 8 aromatic rings. The van der Waals surface area contributed by atoms with Crippen molar-refractivity contribution in [1.82, 2.24) is 33.2 Å². The van der Waals surface area contributed by atoms with Gasteiger partial charge in [0.1, 0.15) is 5.60 Å². The van der Waals surface area contributed by atoms with E-state index in [9.17, 15) is 21.6 Å². The average molecular weight is 1100 g/mol. The molecule has 4 N–H and O–H groups in total. The maximum Gasteiger partial charge on any atom is 0.407 e. The minimum atomic E-state index is -3.86. The Morgan fingerprint density at radius 2 is 1.14 bits per heavy atom. The first-order chi connectivity index (χ1) is 35.3. The monoisotopic (exact) mass is 1100 g/mol. The molecule has 4 aromatic heterocycles. The molecule has 10 rings (SSSR count). The third kappa shape index (κ3) is 12.9. The molecule has 4 atom stereocenters. The normalized spacial score (nSPS) is 18.1. The number of nitrogens with one attached hydrogen (secondary N) is 2. The van der Waals surface area contributed by atoms with Crippen molar-refractivity contribution >= 4 is 88.7 Å². The zero-order chi connectivity index (χ0) is 52.8. The molecule has 0 aliphatic heterocycles. The van der Waals surface area contributed by atoms with Gasteiger partial charge in [-0.15, -0.1) is 0 Å². The third-order valence-electron chi connectivity index (χ3n) is 12.6. The smallest absolute Gasteiger partial charge is 0.407 e. The second-order valence-corrected chi connectivity index (χ2v) is 24.2. The summed E-state index contributed by atoms with van der Waals surface area (Å²) in [5.41, 5.74) is 8.16. The van der Waals surface area contributed by atoms with E-state index in [2.05, 4.69) is 32.5 Å². The molecule has 4 heterocycles. The van der Waals surface area contributed by atoms with Crippen LogP contribution < -0.4 is 16.4 Å². The molecule has 20 heteroatoms. The van der Waals surface area contributed by atoms with E-state index in [1.807, 2.05) is 45.0 Å². The SMILES string of the molecule is CC(C)(C)OC(=O)N[C@H]1CCC[C@@H](Nc2ncc(Cl)c(-c3cn(S(=O)(=O)c4ccccc4)c4ccccc34)n2)C1.C[C@H]1CCC[C@@H](N)C1.O=S(=O)(c1ccccc1)n1cc(-c2nc(Cl)ncc2Cl)c2ccccc21. The molecule has 74 heavy (non-hydrogen) atoms. The van der Waals surface area contributed by atoms with Crippen LogP contribution in [-0.2, 0) is 24.8 Å². The first-order valence-electron chi connectivity index (χ1n) is 24.3. The summed E-state index contributed by atoms with van der Waals surface area (Å²) in [5.74, 6) is 1.27. The number of halogens is 3. The number of carbonyl (C=O) groups is 1. The van der Waals surface area contributed by atoms with Crippen LogP contribution in [0.2, 0.25) is 15.3 Å². The number of benzene rings is 4. The lowest BCUT2D eigenvalue weighted by atomic mass is 9.88. The Hall–Kier alpha value is -6.08. The van der Waals surface area contributed by atoms with Gasteiger partial charge in [0.05, 0.1) is 54.7 Å². The van der Waals surface area contributed by atoms with Crippen molar-refractivity contribution in [3.63, 3.8) is 0 Å². The van der Waals surface area contributed by atoms with Gasteiger partial charge in [0, 0.05) is 52.4 Å². The number of alkyl carbamates (subject to hydrolysis) is 1. The van der Waals surface area contributed by atoms with Gasteiger partial charge < -0.3 is 21.1 Å². The summed E-state index contributed by atoms with van der Waals surface area (Å²) in [4.78, 5) is 29.8. The average Bonchev–Trinajstić information content (AvgIpc) is 3.97. The summed E-state index contributed by atoms with van der Waals surface area (Å²) in [6, 6.07) is 31.4. The molecule has 388 valence electrons. The zero-order valence-corrected chi connectivity index (χ0v) is 45.2. The van der Waals surface area contributed by atoms with Gasteiger partial charge in [0.25, 0.3) is 20.0 Å². The molecule has 2 saturated carbocycles. The van der Waals surface area contributed by atoms with Crippen LogP contribution in [0.1, 0.15) is 79.1 Å². The number of para-hydroxylation sites is 2. The Kier molecular flexibility index (Phi) is 17.0. The van der Waals surface area contributed by atoms with Crippen LogP contribution in [0.4, 0.5) is 10.7 Å². The van der Waals surface area contributed by atoms with Crippen molar-refractivity contribution in [3.8, 4) is 22.5 Å². The van der Waals surface area contributed by atoms with Crippen LogP contribution in [0, 0.1) is 5.92 Å². The maximum absolute atomic E-state index is 13.5. The van der Waals surface area contributed by atoms with Gasteiger partial charge in [-0.25, -0.2) is 49.5 Å². The molecular formula is C54H58Cl3N9O6S2. The van der Waals surface area contributed by atoms with E-state index in [4.69, 9.17) is 50.3 Å². The van der Waals surface area contributed by atoms with Crippen molar-refractivity contribution in [2.24, 2.45) is 11.7 Å². The summed E-state index contributed by atoms with van der Waals surface area (Å²) in [7, 11) is -7.63. The molecule has 2 fully saturated rings. The Labute approximate surface area is 447 Å². The van der Waals surface area contributed by atoms with Gasteiger partial charge >= 0.3 is 6.09 Å². The highest BCUT2D eigenvalue weighted by atomic mass is 35.5. The summed E-state index contributed by atoms with van der Waals surface area (Å²) in [6.45, 7) is 7.80. The summed E-state index contributed by atoms with van der Waals surface area (Å²) < 4.78 is 61.2. The Bertz CT molecular complexity index is 3480. The second kappa shape index (κ2) is 23.2. The van der Waals surface area contributed by atoms with Crippen LogP contribution in [0.15, 0.2) is 144 Å². The zero-order valence-electron chi connectivity index (χ0n) is 41.3.